The molecule has 0 aliphatic heterocycles. The molecule has 3 N–H and O–H groups in total. The fraction of sp³-hybridized carbons (Fsp3) is 0.632. The van der Waals surface area contributed by atoms with E-state index in [0.717, 1.165) is 12.8 Å². The Hall–Kier alpha value is -1.75. The number of carbonyl (C=O) groups is 1. The lowest BCUT2D eigenvalue weighted by atomic mass is 9.67. The summed E-state index contributed by atoms with van der Waals surface area (Å²) in [4.78, 5) is 12.3. The molecule has 2 fully saturated rings. The predicted octanol–water partition coefficient (Wildman–Crippen LogP) is 2.49. The highest BCUT2D eigenvalue weighted by Crippen LogP contribution is 2.39. The summed E-state index contributed by atoms with van der Waals surface area (Å²) < 4.78 is 10.9. The summed E-state index contributed by atoms with van der Waals surface area (Å²) in [5, 5.41) is 3.25. The Kier molecular flexibility index (Phi) is 5.61. The van der Waals surface area contributed by atoms with Gasteiger partial charge in [-0.1, -0.05) is 18.6 Å². The van der Waals surface area contributed by atoms with Gasteiger partial charge in [-0.25, -0.2) is 0 Å². The number of nitrogens with one attached hydrogen (secondary N) is 1. The zero-order valence-electron chi connectivity index (χ0n) is 14.4. The van der Waals surface area contributed by atoms with E-state index in [1.165, 1.54) is 19.3 Å². The van der Waals surface area contributed by atoms with Gasteiger partial charge in [-0.3, -0.25) is 4.79 Å². The zero-order valence-corrected chi connectivity index (χ0v) is 14.4. The molecule has 0 aromatic heterocycles. The molecular formula is C19H28N2O3. The van der Waals surface area contributed by atoms with E-state index in [0.29, 0.717) is 48.4 Å². The van der Waals surface area contributed by atoms with Crippen molar-refractivity contribution in [2.45, 2.75) is 50.6 Å². The van der Waals surface area contributed by atoms with Crippen LogP contribution in [0, 0.1) is 11.8 Å². The lowest BCUT2D eigenvalue weighted by Gasteiger charge is -2.45. The van der Waals surface area contributed by atoms with Crippen molar-refractivity contribution in [3.8, 4) is 11.5 Å². The van der Waals surface area contributed by atoms with Crippen LogP contribution in [0.15, 0.2) is 24.3 Å². The molecule has 5 nitrogen and oxygen atoms in total. The number of methoxy groups -OCH3 is 1. The van der Waals surface area contributed by atoms with E-state index in [4.69, 9.17) is 15.2 Å². The molecule has 2 unspecified atom stereocenters. The molecule has 2 atom stereocenters. The molecule has 1 amide bonds. The van der Waals surface area contributed by atoms with E-state index < -0.39 is 0 Å². The van der Waals surface area contributed by atoms with Crippen molar-refractivity contribution in [2.24, 2.45) is 17.6 Å². The molecule has 2 bridgehead atoms. The molecule has 0 saturated heterocycles. The van der Waals surface area contributed by atoms with Crippen molar-refractivity contribution in [3.63, 3.8) is 0 Å². The Bertz CT molecular complexity index is 549. The summed E-state index contributed by atoms with van der Waals surface area (Å²) in [5.41, 5.74) is 6.15. The third-order valence-electron chi connectivity index (χ3n) is 5.36. The first-order valence-corrected chi connectivity index (χ1v) is 8.98. The quantitative estimate of drug-likeness (QED) is 0.839. The molecule has 0 radical (unpaired) electrons. The fourth-order valence-corrected chi connectivity index (χ4v) is 4.27. The molecule has 0 heterocycles. The van der Waals surface area contributed by atoms with E-state index in [-0.39, 0.29) is 5.91 Å². The van der Waals surface area contributed by atoms with E-state index >= 15 is 0 Å². The van der Waals surface area contributed by atoms with Crippen LogP contribution in [-0.2, 0) is 4.79 Å². The van der Waals surface area contributed by atoms with Crippen LogP contribution in [0.4, 0.5) is 0 Å². The van der Waals surface area contributed by atoms with Gasteiger partial charge in [0.05, 0.1) is 20.1 Å². The second kappa shape index (κ2) is 7.88. The lowest BCUT2D eigenvalue weighted by molar-refractivity contribution is -0.123. The maximum atomic E-state index is 12.3. The van der Waals surface area contributed by atoms with E-state index in [1.807, 2.05) is 24.3 Å². The molecule has 2 aliphatic carbocycles. The van der Waals surface area contributed by atoms with Crippen molar-refractivity contribution < 1.29 is 14.3 Å². The first-order chi connectivity index (χ1) is 11.7. The molecule has 2 saturated carbocycles. The molecule has 1 aromatic carbocycles. The molecular weight excluding hydrogens is 304 g/mol. The number of benzene rings is 1. The predicted molar refractivity (Wildman–Crippen MR) is 93.1 cm³/mol. The molecule has 0 spiro atoms. The van der Waals surface area contributed by atoms with Gasteiger partial charge in [0.2, 0.25) is 5.91 Å². The van der Waals surface area contributed by atoms with Gasteiger partial charge in [-0.2, -0.15) is 0 Å². The van der Waals surface area contributed by atoms with Gasteiger partial charge in [-0.05, 0) is 49.7 Å². The van der Waals surface area contributed by atoms with Crippen LogP contribution >= 0.6 is 0 Å². The summed E-state index contributed by atoms with van der Waals surface area (Å²) in [6, 6.07) is 8.10. The van der Waals surface area contributed by atoms with Gasteiger partial charge in [0.1, 0.15) is 0 Å². The summed E-state index contributed by atoms with van der Waals surface area (Å²) >= 11 is 0. The summed E-state index contributed by atoms with van der Waals surface area (Å²) in [6.07, 6.45) is 6.09. The van der Waals surface area contributed by atoms with Gasteiger partial charge >= 0.3 is 0 Å². The summed E-state index contributed by atoms with van der Waals surface area (Å²) in [7, 11) is 1.61. The highest BCUT2D eigenvalue weighted by molar-refractivity contribution is 5.76. The van der Waals surface area contributed by atoms with E-state index in [1.54, 1.807) is 7.11 Å². The molecule has 3 rings (SSSR count). The first kappa shape index (κ1) is 17.1. The van der Waals surface area contributed by atoms with Crippen molar-refractivity contribution in [1.29, 1.82) is 0 Å². The van der Waals surface area contributed by atoms with Crippen LogP contribution in [0.1, 0.15) is 38.5 Å². The Morgan fingerprint density at radius 2 is 1.88 bits per heavy atom. The second-order valence-corrected chi connectivity index (χ2v) is 7.03. The Morgan fingerprint density at radius 1 is 1.21 bits per heavy atom. The monoisotopic (exact) mass is 332 g/mol. The number of para-hydroxylation sites is 2. The normalized spacial score (nSPS) is 28.9. The highest BCUT2D eigenvalue weighted by atomic mass is 16.5. The Labute approximate surface area is 143 Å². The van der Waals surface area contributed by atoms with Gasteiger partial charge in [0.15, 0.2) is 11.5 Å². The van der Waals surface area contributed by atoms with Crippen LogP contribution in [0.2, 0.25) is 0 Å². The van der Waals surface area contributed by atoms with Crippen molar-refractivity contribution in [1.82, 2.24) is 5.32 Å². The van der Waals surface area contributed by atoms with Crippen LogP contribution in [0.3, 0.4) is 0 Å². The van der Waals surface area contributed by atoms with Crippen LogP contribution < -0.4 is 20.5 Å². The number of amides is 1. The smallest absolute Gasteiger partial charge is 0.223 e. The summed E-state index contributed by atoms with van der Waals surface area (Å²) in [5.74, 6) is 2.53. The zero-order chi connectivity index (χ0) is 16.9. The number of carbonyl (C=O) groups excluding carboxylic acids is 1. The van der Waals surface area contributed by atoms with Crippen LogP contribution in [-0.4, -0.2) is 31.7 Å². The van der Waals surface area contributed by atoms with Gasteiger partial charge in [0.25, 0.3) is 0 Å². The van der Waals surface area contributed by atoms with Gasteiger partial charge in [-0.15, -0.1) is 0 Å². The Balaban J connectivity index is 1.47. The third kappa shape index (κ3) is 4.01. The SMILES string of the molecule is COc1ccccc1OCCC(=O)NC1C2CCCC1CC(N)C2. The Morgan fingerprint density at radius 3 is 2.54 bits per heavy atom. The molecule has 1 aromatic rings. The average Bonchev–Trinajstić information content (AvgIpc) is 2.56. The topological polar surface area (TPSA) is 73.6 Å². The molecule has 5 heteroatoms. The van der Waals surface area contributed by atoms with Crippen molar-refractivity contribution in [3.05, 3.63) is 24.3 Å². The first-order valence-electron chi connectivity index (χ1n) is 8.98. The summed E-state index contributed by atoms with van der Waals surface area (Å²) in [6.45, 7) is 0.355. The number of fused-ring (bicyclic) bond motifs is 2. The van der Waals surface area contributed by atoms with Crippen molar-refractivity contribution >= 4 is 5.91 Å². The van der Waals surface area contributed by atoms with Crippen LogP contribution in [0.5, 0.6) is 11.5 Å². The minimum atomic E-state index is 0.0715. The second-order valence-electron chi connectivity index (χ2n) is 7.03. The molecule has 24 heavy (non-hydrogen) atoms. The fourth-order valence-electron chi connectivity index (χ4n) is 4.27. The largest absolute Gasteiger partial charge is 0.493 e. The maximum absolute atomic E-state index is 12.3. The number of nitrogens with two attached hydrogens (primary N) is 1. The highest BCUT2D eigenvalue weighted by Gasteiger charge is 2.39. The standard InChI is InChI=1S/C19H28N2O3/c1-23-16-7-2-3-8-17(16)24-10-9-18(22)21-19-13-5-4-6-14(19)12-15(20)11-13/h2-3,7-8,13-15,19H,4-6,9-12,20H2,1H3,(H,21,22). The molecule has 132 valence electrons. The average molecular weight is 332 g/mol. The van der Waals surface area contributed by atoms with Crippen molar-refractivity contribution in [2.75, 3.05) is 13.7 Å². The van der Waals surface area contributed by atoms with Gasteiger partial charge < -0.3 is 20.5 Å². The minimum absolute atomic E-state index is 0.0715. The number of hydrogen-bond donors (Lipinski definition) is 2. The third-order valence-corrected chi connectivity index (χ3v) is 5.36. The van der Waals surface area contributed by atoms with E-state index in [2.05, 4.69) is 5.32 Å². The molecule has 2 aliphatic rings. The minimum Gasteiger partial charge on any atom is -0.493 e. The number of hydrogen-bond acceptors (Lipinski definition) is 4. The lowest BCUT2D eigenvalue weighted by Crippen LogP contribution is -2.53. The van der Waals surface area contributed by atoms with Gasteiger partial charge in [0, 0.05) is 12.1 Å². The number of ether oxygens (including phenoxy) is 2. The maximum Gasteiger partial charge on any atom is 0.223 e. The van der Waals surface area contributed by atoms with Crippen LogP contribution in [0.25, 0.3) is 0 Å². The number of rotatable bonds is 6. The van der Waals surface area contributed by atoms with E-state index in [9.17, 15) is 4.79 Å².